The Bertz CT molecular complexity index is 765. The van der Waals surface area contributed by atoms with E-state index >= 15 is 0 Å². The molecule has 2 amide bonds. The molecule has 0 aromatic heterocycles. The van der Waals surface area contributed by atoms with Crippen LogP contribution < -0.4 is 5.32 Å². The van der Waals surface area contributed by atoms with Crippen LogP contribution in [0, 0.1) is 5.82 Å². The van der Waals surface area contributed by atoms with Gasteiger partial charge in [0.1, 0.15) is 18.5 Å². The molecule has 1 heterocycles. The van der Waals surface area contributed by atoms with Crippen LogP contribution >= 0.6 is 0 Å². The van der Waals surface area contributed by atoms with Crippen LogP contribution in [-0.4, -0.2) is 62.5 Å². The van der Waals surface area contributed by atoms with Gasteiger partial charge in [-0.1, -0.05) is 18.6 Å². The van der Waals surface area contributed by atoms with Crippen molar-refractivity contribution in [3.63, 3.8) is 0 Å². The van der Waals surface area contributed by atoms with Gasteiger partial charge >= 0.3 is 0 Å². The third kappa shape index (κ3) is 5.33. The van der Waals surface area contributed by atoms with Crippen molar-refractivity contribution in [3.8, 4) is 0 Å². The van der Waals surface area contributed by atoms with Crippen LogP contribution in [0.1, 0.15) is 31.2 Å². The zero-order valence-electron chi connectivity index (χ0n) is 16.7. The highest BCUT2D eigenvalue weighted by molar-refractivity contribution is 5.98. The minimum atomic E-state index is -0.551. The molecule has 0 bridgehead atoms. The molecule has 1 aliphatic carbocycles. The molecule has 0 radical (unpaired) electrons. The van der Waals surface area contributed by atoms with Crippen molar-refractivity contribution in [2.75, 3.05) is 27.3 Å². The first-order chi connectivity index (χ1) is 14.0. The van der Waals surface area contributed by atoms with Crippen LogP contribution in [0.2, 0.25) is 0 Å². The largest absolute Gasteiger partial charge is 0.482 e. The molecule has 158 valence electrons. The minimum absolute atomic E-state index is 0.0794. The molecule has 7 nitrogen and oxygen atoms in total. The van der Waals surface area contributed by atoms with Crippen LogP contribution in [0.3, 0.4) is 0 Å². The van der Waals surface area contributed by atoms with E-state index in [1.54, 1.807) is 17.0 Å². The van der Waals surface area contributed by atoms with Gasteiger partial charge in [-0.25, -0.2) is 4.39 Å². The maximum absolute atomic E-state index is 13.5. The first-order valence-corrected chi connectivity index (χ1v) is 9.79. The molecule has 2 fully saturated rings. The standard InChI is InChI=1S/C21H27FN2O5/c1-27-20(28-2)12-23-19(25)13-24-16-8-3-4-9-17(16)29-18(21(24)26)11-14-6-5-7-15(22)10-14/h5-7,10-11,16-17,20H,3-4,8-9,12-13H2,1-2H3,(H,23,25)/b18-11+. The van der Waals surface area contributed by atoms with E-state index in [1.165, 1.54) is 32.4 Å². The molecular weight excluding hydrogens is 379 g/mol. The summed E-state index contributed by atoms with van der Waals surface area (Å²) in [6.45, 7) is 0.106. The lowest BCUT2D eigenvalue weighted by molar-refractivity contribution is -0.152. The summed E-state index contributed by atoms with van der Waals surface area (Å²) in [6, 6.07) is 5.81. The van der Waals surface area contributed by atoms with Crippen molar-refractivity contribution in [3.05, 3.63) is 41.4 Å². The second kappa shape index (κ2) is 9.84. The van der Waals surface area contributed by atoms with Crippen molar-refractivity contribution in [2.45, 2.75) is 44.1 Å². The third-order valence-electron chi connectivity index (χ3n) is 5.27. The Hall–Kier alpha value is -2.45. The Morgan fingerprint density at radius 1 is 1.34 bits per heavy atom. The van der Waals surface area contributed by atoms with Gasteiger partial charge in [0.15, 0.2) is 12.0 Å². The van der Waals surface area contributed by atoms with Crippen molar-refractivity contribution >= 4 is 17.9 Å². The van der Waals surface area contributed by atoms with E-state index in [0.29, 0.717) is 5.56 Å². The predicted octanol–water partition coefficient (Wildman–Crippen LogP) is 2.07. The highest BCUT2D eigenvalue weighted by Gasteiger charge is 2.42. The molecular formula is C21H27FN2O5. The number of benzene rings is 1. The molecule has 1 saturated heterocycles. The number of ether oxygens (including phenoxy) is 3. The van der Waals surface area contributed by atoms with Crippen LogP contribution in [0.15, 0.2) is 30.0 Å². The van der Waals surface area contributed by atoms with Gasteiger partial charge in [-0.3, -0.25) is 9.59 Å². The average molecular weight is 406 g/mol. The fraction of sp³-hybridized carbons (Fsp3) is 0.524. The second-order valence-electron chi connectivity index (χ2n) is 7.21. The number of rotatable bonds is 7. The van der Waals surface area contributed by atoms with Gasteiger partial charge in [0.25, 0.3) is 5.91 Å². The molecule has 1 aliphatic heterocycles. The molecule has 2 aliphatic rings. The van der Waals surface area contributed by atoms with Crippen molar-refractivity contribution in [1.82, 2.24) is 10.2 Å². The number of morpholine rings is 1. The van der Waals surface area contributed by atoms with Crippen LogP contribution in [-0.2, 0) is 23.8 Å². The van der Waals surface area contributed by atoms with Crippen molar-refractivity contribution < 1.29 is 28.2 Å². The van der Waals surface area contributed by atoms with E-state index in [1.807, 2.05) is 0 Å². The van der Waals surface area contributed by atoms with E-state index in [0.717, 1.165) is 25.7 Å². The number of nitrogens with one attached hydrogen (secondary N) is 1. The molecule has 1 aromatic rings. The lowest BCUT2D eigenvalue weighted by Crippen LogP contribution is -2.57. The maximum Gasteiger partial charge on any atom is 0.289 e. The lowest BCUT2D eigenvalue weighted by Gasteiger charge is -2.44. The Balaban J connectivity index is 1.76. The molecule has 8 heteroatoms. The number of nitrogens with zero attached hydrogens (tertiary/aromatic N) is 1. The van der Waals surface area contributed by atoms with E-state index in [-0.39, 0.29) is 48.6 Å². The first kappa shape index (κ1) is 21.3. The predicted molar refractivity (Wildman–Crippen MR) is 104 cm³/mol. The van der Waals surface area contributed by atoms with Gasteiger partial charge in [0, 0.05) is 14.2 Å². The summed E-state index contributed by atoms with van der Waals surface area (Å²) in [5.74, 6) is -0.908. The van der Waals surface area contributed by atoms with Crippen LogP contribution in [0.25, 0.3) is 6.08 Å². The minimum Gasteiger partial charge on any atom is -0.482 e. The first-order valence-electron chi connectivity index (χ1n) is 9.79. The summed E-state index contributed by atoms with van der Waals surface area (Å²) < 4.78 is 29.6. The SMILES string of the molecule is COC(CNC(=O)CN1C(=O)/C(=C\c2cccc(F)c2)OC2CCCCC21)OC. The van der Waals surface area contributed by atoms with Gasteiger partial charge in [-0.15, -0.1) is 0 Å². The monoisotopic (exact) mass is 406 g/mol. The van der Waals surface area contributed by atoms with E-state index in [4.69, 9.17) is 14.2 Å². The second-order valence-corrected chi connectivity index (χ2v) is 7.21. The summed E-state index contributed by atoms with van der Waals surface area (Å²) in [5, 5.41) is 2.73. The molecule has 2 atom stereocenters. The zero-order valence-corrected chi connectivity index (χ0v) is 16.7. The summed E-state index contributed by atoms with van der Waals surface area (Å²) in [6.07, 6.45) is 4.40. The van der Waals surface area contributed by atoms with E-state index in [9.17, 15) is 14.0 Å². The van der Waals surface area contributed by atoms with Crippen LogP contribution in [0.5, 0.6) is 0 Å². The summed E-state index contributed by atoms with van der Waals surface area (Å²) in [7, 11) is 2.98. The number of hydrogen-bond donors (Lipinski definition) is 1. The van der Waals surface area contributed by atoms with E-state index < -0.39 is 6.29 Å². The topological polar surface area (TPSA) is 77.1 Å². The fourth-order valence-corrected chi connectivity index (χ4v) is 3.78. The molecule has 1 aromatic carbocycles. The number of carbonyl (C=O) groups is 2. The number of amides is 2. The molecule has 29 heavy (non-hydrogen) atoms. The van der Waals surface area contributed by atoms with Crippen LogP contribution in [0.4, 0.5) is 4.39 Å². The maximum atomic E-state index is 13.5. The smallest absolute Gasteiger partial charge is 0.289 e. The average Bonchev–Trinajstić information content (AvgIpc) is 2.72. The number of hydrogen-bond acceptors (Lipinski definition) is 5. The molecule has 3 rings (SSSR count). The molecule has 1 saturated carbocycles. The number of methoxy groups -OCH3 is 2. The Kier molecular flexibility index (Phi) is 7.22. The van der Waals surface area contributed by atoms with Gasteiger partial charge in [0.2, 0.25) is 5.91 Å². The number of fused-ring (bicyclic) bond motifs is 1. The highest BCUT2D eigenvalue weighted by atomic mass is 19.1. The fourth-order valence-electron chi connectivity index (χ4n) is 3.78. The lowest BCUT2D eigenvalue weighted by atomic mass is 9.89. The molecule has 0 spiro atoms. The zero-order chi connectivity index (χ0) is 20.8. The van der Waals surface area contributed by atoms with Crippen molar-refractivity contribution in [2.24, 2.45) is 0 Å². The summed E-state index contributed by atoms with van der Waals surface area (Å²) >= 11 is 0. The van der Waals surface area contributed by atoms with Gasteiger partial charge in [-0.2, -0.15) is 0 Å². The Labute approximate surface area is 169 Å². The van der Waals surface area contributed by atoms with Gasteiger partial charge in [-0.05, 0) is 43.0 Å². The molecule has 2 unspecified atom stereocenters. The summed E-state index contributed by atoms with van der Waals surface area (Å²) in [5.41, 5.74) is 0.537. The normalized spacial score (nSPS) is 23.1. The third-order valence-corrected chi connectivity index (χ3v) is 5.27. The Morgan fingerprint density at radius 3 is 2.83 bits per heavy atom. The Morgan fingerprint density at radius 2 is 2.10 bits per heavy atom. The highest BCUT2D eigenvalue weighted by Crippen LogP contribution is 2.33. The number of halogens is 1. The number of carbonyl (C=O) groups excluding carboxylic acids is 2. The van der Waals surface area contributed by atoms with Gasteiger partial charge < -0.3 is 24.4 Å². The summed E-state index contributed by atoms with van der Waals surface area (Å²) in [4.78, 5) is 27.1. The molecule has 1 N–H and O–H groups in total. The quantitative estimate of drug-likeness (QED) is 0.554. The van der Waals surface area contributed by atoms with Crippen molar-refractivity contribution in [1.29, 1.82) is 0 Å². The van der Waals surface area contributed by atoms with Gasteiger partial charge in [0.05, 0.1) is 12.6 Å². The van der Waals surface area contributed by atoms with E-state index in [2.05, 4.69) is 5.32 Å².